The molecule has 28 heavy (non-hydrogen) atoms. The molecule has 4 rings (SSSR count). The second-order valence-corrected chi connectivity index (χ2v) is 5.90. The average Bonchev–Trinajstić information content (AvgIpc) is 3.20. The predicted molar refractivity (Wildman–Crippen MR) is 99.2 cm³/mol. The number of esters is 1. The number of amides is 1. The first-order valence-corrected chi connectivity index (χ1v) is 8.47. The third-order valence-corrected chi connectivity index (χ3v) is 3.92. The highest BCUT2D eigenvalue weighted by atomic mass is 16.5. The number of aromatic nitrogens is 2. The number of hydrogen-bond acceptors (Lipinski definition) is 7. The van der Waals surface area contributed by atoms with Crippen LogP contribution < -0.4 is 10.1 Å². The smallest absolute Gasteiger partial charge is 0.338 e. The summed E-state index contributed by atoms with van der Waals surface area (Å²) in [5, 5.41) is 10.0. The van der Waals surface area contributed by atoms with Crippen molar-refractivity contribution in [2.24, 2.45) is 0 Å². The number of anilines is 1. The lowest BCUT2D eigenvalue weighted by Gasteiger charge is -2.16. The van der Waals surface area contributed by atoms with E-state index in [-0.39, 0.29) is 18.5 Å². The first-order valence-electron chi connectivity index (χ1n) is 8.47. The van der Waals surface area contributed by atoms with E-state index in [9.17, 15) is 9.59 Å². The van der Waals surface area contributed by atoms with Gasteiger partial charge in [0.15, 0.2) is 6.61 Å². The molecule has 8 heteroatoms. The Morgan fingerprint density at radius 1 is 1.04 bits per heavy atom. The molecule has 0 spiro atoms. The predicted octanol–water partition coefficient (Wildman–Crippen LogP) is 2.69. The summed E-state index contributed by atoms with van der Waals surface area (Å²) in [7, 11) is 0. The van der Waals surface area contributed by atoms with E-state index < -0.39 is 18.5 Å². The molecule has 0 saturated heterocycles. The lowest BCUT2D eigenvalue weighted by molar-refractivity contribution is -0.143. The van der Waals surface area contributed by atoms with Gasteiger partial charge in [-0.1, -0.05) is 41.5 Å². The van der Waals surface area contributed by atoms with Crippen LogP contribution in [0.25, 0.3) is 17.5 Å². The lowest BCUT2D eigenvalue weighted by atomic mass is 10.1. The van der Waals surface area contributed by atoms with Gasteiger partial charge in [0, 0.05) is 11.1 Å². The van der Waals surface area contributed by atoms with Crippen molar-refractivity contribution in [2.75, 3.05) is 18.5 Å². The largest absolute Gasteiger partial charge is 0.488 e. The fraction of sp³-hybridized carbons (Fsp3) is 0.100. The third kappa shape index (κ3) is 3.90. The Balaban J connectivity index is 1.32. The van der Waals surface area contributed by atoms with E-state index in [1.807, 2.05) is 42.5 Å². The summed E-state index contributed by atoms with van der Waals surface area (Å²) in [4.78, 5) is 24.1. The second-order valence-electron chi connectivity index (χ2n) is 5.90. The zero-order chi connectivity index (χ0) is 19.3. The number of para-hydroxylation sites is 1. The van der Waals surface area contributed by atoms with E-state index in [1.54, 1.807) is 18.2 Å². The molecule has 1 N–H and O–H groups in total. The number of rotatable bonds is 5. The summed E-state index contributed by atoms with van der Waals surface area (Å²) in [5.74, 6) is -0.243. The van der Waals surface area contributed by atoms with Crippen LogP contribution in [-0.4, -0.2) is 35.3 Å². The summed E-state index contributed by atoms with van der Waals surface area (Å²) in [6.45, 7) is -0.400. The van der Waals surface area contributed by atoms with Crippen molar-refractivity contribution >= 4 is 24.0 Å². The molecule has 140 valence electrons. The number of nitrogens with zero attached hydrogens (tertiary/aromatic N) is 2. The minimum absolute atomic E-state index is 0.0750. The van der Waals surface area contributed by atoms with E-state index in [4.69, 9.17) is 13.9 Å². The van der Waals surface area contributed by atoms with Gasteiger partial charge in [-0.3, -0.25) is 10.1 Å². The van der Waals surface area contributed by atoms with E-state index in [0.29, 0.717) is 11.3 Å². The molecule has 1 aliphatic rings. The number of carbonyl (C=O) groups excluding carboxylic acids is 2. The second kappa shape index (κ2) is 7.75. The zero-order valence-electron chi connectivity index (χ0n) is 14.6. The van der Waals surface area contributed by atoms with Crippen molar-refractivity contribution in [1.29, 1.82) is 0 Å². The summed E-state index contributed by atoms with van der Waals surface area (Å²) < 4.78 is 15.9. The lowest BCUT2D eigenvalue weighted by Crippen LogP contribution is -2.24. The van der Waals surface area contributed by atoms with Crippen LogP contribution in [0.3, 0.4) is 0 Å². The Morgan fingerprint density at radius 2 is 1.82 bits per heavy atom. The molecule has 1 amide bonds. The topological polar surface area (TPSA) is 104 Å². The Morgan fingerprint density at radius 3 is 2.68 bits per heavy atom. The normalized spacial score (nSPS) is 12.4. The van der Waals surface area contributed by atoms with Crippen molar-refractivity contribution in [3.05, 3.63) is 65.7 Å². The van der Waals surface area contributed by atoms with Crippen molar-refractivity contribution in [3.63, 3.8) is 0 Å². The Kier molecular flexibility index (Phi) is 4.83. The van der Waals surface area contributed by atoms with Crippen LogP contribution in [0.15, 0.2) is 64.6 Å². The maximum atomic E-state index is 12.2. The fourth-order valence-corrected chi connectivity index (χ4v) is 2.58. The van der Waals surface area contributed by atoms with Gasteiger partial charge in [0.05, 0.1) is 5.57 Å². The van der Waals surface area contributed by atoms with E-state index >= 15 is 0 Å². The molecule has 2 aromatic carbocycles. The van der Waals surface area contributed by atoms with Gasteiger partial charge < -0.3 is 13.9 Å². The van der Waals surface area contributed by atoms with Crippen LogP contribution in [0.2, 0.25) is 0 Å². The quantitative estimate of drug-likeness (QED) is 0.682. The van der Waals surface area contributed by atoms with E-state index in [2.05, 4.69) is 15.5 Å². The Labute approximate surface area is 159 Å². The maximum Gasteiger partial charge on any atom is 0.338 e. The molecular weight excluding hydrogens is 362 g/mol. The molecule has 0 atom stereocenters. The summed E-state index contributed by atoms with van der Waals surface area (Å²) >= 11 is 0. The van der Waals surface area contributed by atoms with Crippen molar-refractivity contribution in [1.82, 2.24) is 10.2 Å². The van der Waals surface area contributed by atoms with Crippen LogP contribution in [-0.2, 0) is 14.3 Å². The summed E-state index contributed by atoms with van der Waals surface area (Å²) in [6.07, 6.45) is 1.68. The van der Waals surface area contributed by atoms with E-state index in [1.165, 1.54) is 0 Å². The molecule has 0 radical (unpaired) electrons. The van der Waals surface area contributed by atoms with Gasteiger partial charge in [-0.2, -0.15) is 0 Å². The van der Waals surface area contributed by atoms with Crippen LogP contribution in [0, 0.1) is 0 Å². The highest BCUT2D eigenvalue weighted by molar-refractivity contribution is 5.97. The Bertz CT molecular complexity index is 1040. The first kappa shape index (κ1) is 17.5. The van der Waals surface area contributed by atoms with Gasteiger partial charge in [-0.25, -0.2) is 4.79 Å². The van der Waals surface area contributed by atoms with Crippen LogP contribution >= 0.6 is 0 Å². The molecule has 0 bridgehead atoms. The number of hydrogen-bond donors (Lipinski definition) is 1. The van der Waals surface area contributed by atoms with Gasteiger partial charge in [0.25, 0.3) is 5.91 Å². The molecule has 1 aromatic heterocycles. The average molecular weight is 377 g/mol. The number of benzene rings is 2. The molecule has 1 aliphatic heterocycles. The Hall–Kier alpha value is -3.94. The maximum absolute atomic E-state index is 12.2. The molecule has 2 heterocycles. The number of carbonyl (C=O) groups is 2. The van der Waals surface area contributed by atoms with Crippen LogP contribution in [0.5, 0.6) is 5.75 Å². The van der Waals surface area contributed by atoms with E-state index in [0.717, 1.165) is 11.1 Å². The molecule has 3 aromatic rings. The number of fused-ring (bicyclic) bond motifs is 1. The third-order valence-electron chi connectivity index (χ3n) is 3.92. The SMILES string of the molecule is O=C(COC(=O)C1=Cc2ccccc2OC1)Nc1nnc(-c2ccccc2)o1. The number of nitrogens with one attached hydrogen (secondary N) is 1. The van der Waals surface area contributed by atoms with Crippen molar-refractivity contribution in [3.8, 4) is 17.2 Å². The van der Waals surface area contributed by atoms with Gasteiger partial charge >= 0.3 is 12.0 Å². The van der Waals surface area contributed by atoms with Crippen LogP contribution in [0.4, 0.5) is 6.01 Å². The molecule has 0 fully saturated rings. The molecule has 0 saturated carbocycles. The molecule has 8 nitrogen and oxygen atoms in total. The highest BCUT2D eigenvalue weighted by Crippen LogP contribution is 2.26. The van der Waals surface area contributed by atoms with Gasteiger partial charge in [0.2, 0.25) is 5.89 Å². The number of ether oxygens (including phenoxy) is 2. The monoisotopic (exact) mass is 377 g/mol. The van der Waals surface area contributed by atoms with Gasteiger partial charge in [0.1, 0.15) is 12.4 Å². The van der Waals surface area contributed by atoms with Crippen LogP contribution in [0.1, 0.15) is 5.56 Å². The standard InChI is InChI=1S/C20H15N3O5/c24-17(21-20-23-22-18(28-20)13-6-2-1-3-7-13)12-27-19(25)15-10-14-8-4-5-9-16(14)26-11-15/h1-10H,11-12H2,(H,21,23,24). The van der Waals surface area contributed by atoms with Crippen molar-refractivity contribution < 1.29 is 23.5 Å². The fourth-order valence-electron chi connectivity index (χ4n) is 2.58. The molecule has 0 unspecified atom stereocenters. The molecule has 0 aliphatic carbocycles. The van der Waals surface area contributed by atoms with Gasteiger partial charge in [-0.15, -0.1) is 5.10 Å². The van der Waals surface area contributed by atoms with Crippen molar-refractivity contribution in [2.45, 2.75) is 0 Å². The molecular formula is C20H15N3O5. The zero-order valence-corrected chi connectivity index (χ0v) is 14.6. The summed E-state index contributed by atoms with van der Waals surface area (Å²) in [5.41, 5.74) is 1.84. The minimum Gasteiger partial charge on any atom is -0.488 e. The summed E-state index contributed by atoms with van der Waals surface area (Å²) in [6, 6.07) is 16.4. The first-order chi connectivity index (χ1) is 13.7. The van der Waals surface area contributed by atoms with Gasteiger partial charge in [-0.05, 0) is 24.3 Å². The highest BCUT2D eigenvalue weighted by Gasteiger charge is 2.19. The minimum atomic E-state index is -0.625.